The number of nitrogen functional groups attached to an aromatic ring is 1. The van der Waals surface area contributed by atoms with Crippen LogP contribution in [0.15, 0.2) is 35.1 Å². The number of rotatable bonds is 6. The highest BCUT2D eigenvalue weighted by atomic mass is 35.5. The second-order valence-electron chi connectivity index (χ2n) is 7.18. The molecule has 0 saturated heterocycles. The van der Waals surface area contributed by atoms with Crippen molar-refractivity contribution in [3.63, 3.8) is 0 Å². The van der Waals surface area contributed by atoms with Crippen molar-refractivity contribution < 1.29 is 23.1 Å². The summed E-state index contributed by atoms with van der Waals surface area (Å²) in [6.45, 7) is 2.87. The molecule has 0 radical (unpaired) electrons. The molecule has 3 aromatic rings. The lowest BCUT2D eigenvalue weighted by molar-refractivity contribution is -0.117. The number of nitrogens with zero attached hydrogens (tertiary/aromatic N) is 2. The van der Waals surface area contributed by atoms with Gasteiger partial charge in [0.2, 0.25) is 12.2 Å². The van der Waals surface area contributed by atoms with E-state index in [2.05, 4.69) is 4.98 Å². The molecular weight excluding hydrogens is 425 g/mol. The number of amides is 1. The zero-order chi connectivity index (χ0) is 22.1. The van der Waals surface area contributed by atoms with E-state index in [1.54, 1.807) is 24.3 Å². The first-order chi connectivity index (χ1) is 14.9. The van der Waals surface area contributed by atoms with E-state index in [0.29, 0.717) is 36.4 Å². The molecular formula is C22H21ClFN3O4. The molecule has 162 valence electrons. The number of ether oxygens (including phenoxy) is 2. The van der Waals surface area contributed by atoms with Gasteiger partial charge >= 0.3 is 0 Å². The van der Waals surface area contributed by atoms with Crippen LogP contribution in [-0.2, 0) is 4.79 Å². The number of hydrogen-bond acceptors (Lipinski definition) is 6. The number of benzene rings is 1. The zero-order valence-corrected chi connectivity index (χ0v) is 17.8. The van der Waals surface area contributed by atoms with Crippen LogP contribution in [0.2, 0.25) is 5.02 Å². The van der Waals surface area contributed by atoms with Crippen LogP contribution >= 0.6 is 11.6 Å². The predicted molar refractivity (Wildman–Crippen MR) is 116 cm³/mol. The summed E-state index contributed by atoms with van der Waals surface area (Å²) in [5.41, 5.74) is 8.79. The highest BCUT2D eigenvalue weighted by Crippen LogP contribution is 2.41. The van der Waals surface area contributed by atoms with Crippen molar-refractivity contribution in [2.24, 2.45) is 0 Å². The monoisotopic (exact) mass is 445 g/mol. The Morgan fingerprint density at radius 2 is 2.23 bits per heavy atom. The van der Waals surface area contributed by atoms with Crippen molar-refractivity contribution in [2.75, 3.05) is 25.9 Å². The first kappa shape index (κ1) is 21.0. The Kier molecular flexibility index (Phi) is 5.73. The maximum atomic E-state index is 14.1. The maximum Gasteiger partial charge on any atom is 0.209 e. The molecule has 31 heavy (non-hydrogen) atoms. The number of carbonyl (C=O) groups excluding carboxylic acids is 1. The fraction of sp³-hybridized carbons (Fsp3) is 0.273. The summed E-state index contributed by atoms with van der Waals surface area (Å²) in [6.07, 6.45) is 6.07. The number of methoxy groups -OCH3 is 1. The number of carbonyl (C=O) groups is 1. The van der Waals surface area contributed by atoms with Crippen molar-refractivity contribution in [3.05, 3.63) is 52.6 Å². The number of pyridine rings is 1. The summed E-state index contributed by atoms with van der Waals surface area (Å²) in [5, 5.41) is 0.650. The third kappa shape index (κ3) is 3.79. The van der Waals surface area contributed by atoms with E-state index in [-0.39, 0.29) is 16.6 Å². The first-order valence-corrected chi connectivity index (χ1v) is 10.0. The standard InChI is InChI=1S/C22H21ClFN3O4/c1-12(18-17(29-2)4-3-16(24)19(18)23)31-21-20-14(9-26-22(21)25)15(10-30-20)13-5-7-27(11-28)8-6-13/h3-5,9-12H,6-8H2,1-2H3,(H2,25,26)/t12-/m1/s1. The fourth-order valence-corrected chi connectivity index (χ4v) is 4.02. The molecule has 0 saturated carbocycles. The summed E-state index contributed by atoms with van der Waals surface area (Å²) < 4.78 is 31.3. The molecule has 1 aliphatic heterocycles. The van der Waals surface area contributed by atoms with Crippen LogP contribution in [0.25, 0.3) is 16.5 Å². The molecule has 0 bridgehead atoms. The van der Waals surface area contributed by atoms with Crippen molar-refractivity contribution in [3.8, 4) is 11.5 Å². The van der Waals surface area contributed by atoms with Gasteiger partial charge in [-0.25, -0.2) is 9.37 Å². The number of nitrogens with two attached hydrogens (primary N) is 1. The van der Waals surface area contributed by atoms with Crippen LogP contribution < -0.4 is 15.2 Å². The number of halogens is 2. The molecule has 3 heterocycles. The van der Waals surface area contributed by atoms with E-state index in [1.807, 2.05) is 6.08 Å². The summed E-state index contributed by atoms with van der Waals surface area (Å²) in [6, 6.07) is 2.72. The lowest BCUT2D eigenvalue weighted by atomic mass is 10.00. The van der Waals surface area contributed by atoms with Gasteiger partial charge in [0.25, 0.3) is 0 Å². The topological polar surface area (TPSA) is 90.8 Å². The van der Waals surface area contributed by atoms with E-state index in [0.717, 1.165) is 22.9 Å². The van der Waals surface area contributed by atoms with Crippen LogP contribution in [0.4, 0.5) is 10.2 Å². The minimum Gasteiger partial charge on any atom is -0.496 e. The fourth-order valence-electron chi connectivity index (χ4n) is 3.71. The Bertz CT molecular complexity index is 1180. The number of furan rings is 1. The molecule has 9 heteroatoms. The minimum atomic E-state index is -0.698. The average Bonchev–Trinajstić information content (AvgIpc) is 3.21. The normalized spacial score (nSPS) is 15.0. The molecule has 0 fully saturated rings. The van der Waals surface area contributed by atoms with Gasteiger partial charge in [-0.1, -0.05) is 17.7 Å². The molecule has 1 amide bonds. The molecule has 2 aromatic heterocycles. The van der Waals surface area contributed by atoms with E-state index >= 15 is 0 Å². The quantitative estimate of drug-likeness (QED) is 0.558. The Labute approximate surface area is 183 Å². The first-order valence-electron chi connectivity index (χ1n) is 9.67. The van der Waals surface area contributed by atoms with E-state index in [4.69, 9.17) is 31.2 Å². The zero-order valence-electron chi connectivity index (χ0n) is 17.0. The number of fused-ring (bicyclic) bond motifs is 1. The second kappa shape index (κ2) is 8.47. The third-order valence-electron chi connectivity index (χ3n) is 5.35. The predicted octanol–water partition coefficient (Wildman–Crippen LogP) is 4.60. The summed E-state index contributed by atoms with van der Waals surface area (Å²) >= 11 is 6.18. The van der Waals surface area contributed by atoms with Crippen LogP contribution in [0.5, 0.6) is 11.5 Å². The molecule has 2 N–H and O–H groups in total. The largest absolute Gasteiger partial charge is 0.496 e. The van der Waals surface area contributed by atoms with Gasteiger partial charge < -0.3 is 24.5 Å². The van der Waals surface area contributed by atoms with Crippen LogP contribution in [0.3, 0.4) is 0 Å². The van der Waals surface area contributed by atoms with Gasteiger partial charge in [-0.3, -0.25) is 4.79 Å². The molecule has 7 nitrogen and oxygen atoms in total. The van der Waals surface area contributed by atoms with Crippen LogP contribution in [0.1, 0.15) is 30.6 Å². The number of hydrogen-bond donors (Lipinski definition) is 1. The highest BCUT2D eigenvalue weighted by molar-refractivity contribution is 6.31. The van der Waals surface area contributed by atoms with E-state index in [9.17, 15) is 9.18 Å². The lowest BCUT2D eigenvalue weighted by Gasteiger charge is -2.22. The number of aromatic nitrogens is 1. The number of anilines is 1. The molecule has 4 rings (SSSR count). The van der Waals surface area contributed by atoms with Crippen LogP contribution in [0, 0.1) is 5.82 Å². The summed E-state index contributed by atoms with van der Waals surface area (Å²) in [7, 11) is 1.47. The summed E-state index contributed by atoms with van der Waals surface area (Å²) in [4.78, 5) is 16.9. The van der Waals surface area contributed by atoms with Crippen LogP contribution in [-0.4, -0.2) is 36.5 Å². The second-order valence-corrected chi connectivity index (χ2v) is 7.56. The average molecular weight is 446 g/mol. The molecule has 1 aromatic carbocycles. The smallest absolute Gasteiger partial charge is 0.209 e. The van der Waals surface area contributed by atoms with E-state index in [1.165, 1.54) is 19.2 Å². The van der Waals surface area contributed by atoms with Crippen molar-refractivity contribution in [1.29, 1.82) is 0 Å². The van der Waals surface area contributed by atoms with Gasteiger partial charge in [0, 0.05) is 24.8 Å². The molecule has 1 atom stereocenters. The van der Waals surface area contributed by atoms with Gasteiger partial charge in [-0.05, 0) is 31.1 Å². The third-order valence-corrected chi connectivity index (χ3v) is 5.73. The summed E-state index contributed by atoms with van der Waals surface area (Å²) in [5.74, 6) is 0.192. The molecule has 0 spiro atoms. The Balaban J connectivity index is 1.72. The maximum absolute atomic E-state index is 14.1. The van der Waals surface area contributed by atoms with Gasteiger partial charge in [0.15, 0.2) is 11.4 Å². The SMILES string of the molecule is COc1ccc(F)c(Cl)c1[C@@H](C)Oc1c(N)ncc2c(C3=CCN(C=O)CC3)coc12. The van der Waals surface area contributed by atoms with E-state index < -0.39 is 11.9 Å². The van der Waals surface area contributed by atoms with Crippen molar-refractivity contribution in [2.45, 2.75) is 19.4 Å². The van der Waals surface area contributed by atoms with Gasteiger partial charge in [-0.15, -0.1) is 0 Å². The highest BCUT2D eigenvalue weighted by Gasteiger charge is 2.25. The Morgan fingerprint density at radius 3 is 2.90 bits per heavy atom. The molecule has 0 unspecified atom stereocenters. The van der Waals surface area contributed by atoms with Gasteiger partial charge in [-0.2, -0.15) is 0 Å². The Morgan fingerprint density at radius 1 is 1.42 bits per heavy atom. The van der Waals surface area contributed by atoms with Crippen molar-refractivity contribution in [1.82, 2.24) is 9.88 Å². The molecule has 0 aliphatic carbocycles. The van der Waals surface area contributed by atoms with Gasteiger partial charge in [0.1, 0.15) is 17.7 Å². The van der Waals surface area contributed by atoms with Crippen molar-refractivity contribution >= 4 is 40.4 Å². The Hall–Kier alpha value is -3.26. The minimum absolute atomic E-state index is 0.0854. The lowest BCUT2D eigenvalue weighted by Crippen LogP contribution is -2.26. The molecule has 1 aliphatic rings. The van der Waals surface area contributed by atoms with Gasteiger partial charge in [0.05, 0.1) is 29.3 Å².